The monoisotopic (exact) mass is 161 g/mol. The standard InChI is InChI=1S/C6H15N3O2/c7-2-1-5(6(10)11)9-4-3-8/h5,9H,1-4,7-8H2,(H,10,11). The van der Waals surface area contributed by atoms with E-state index < -0.39 is 12.0 Å². The van der Waals surface area contributed by atoms with Crippen molar-refractivity contribution < 1.29 is 9.90 Å². The maximum Gasteiger partial charge on any atom is 0.320 e. The highest BCUT2D eigenvalue weighted by atomic mass is 16.4. The van der Waals surface area contributed by atoms with Crippen LogP contribution in [0.3, 0.4) is 0 Å². The molecule has 0 rings (SSSR count). The number of hydrogen-bond donors (Lipinski definition) is 4. The van der Waals surface area contributed by atoms with E-state index in [-0.39, 0.29) is 0 Å². The smallest absolute Gasteiger partial charge is 0.320 e. The van der Waals surface area contributed by atoms with Gasteiger partial charge in [-0.1, -0.05) is 0 Å². The van der Waals surface area contributed by atoms with E-state index in [2.05, 4.69) is 5.32 Å². The van der Waals surface area contributed by atoms with Gasteiger partial charge in [0.05, 0.1) is 0 Å². The number of carboxylic acids is 1. The van der Waals surface area contributed by atoms with E-state index in [9.17, 15) is 4.79 Å². The summed E-state index contributed by atoms with van der Waals surface area (Å²) in [5.41, 5.74) is 10.4. The third kappa shape index (κ3) is 4.72. The van der Waals surface area contributed by atoms with E-state index in [1.165, 1.54) is 0 Å². The first-order chi connectivity index (χ1) is 5.22. The van der Waals surface area contributed by atoms with Gasteiger partial charge in [-0.2, -0.15) is 0 Å². The van der Waals surface area contributed by atoms with Crippen molar-refractivity contribution >= 4 is 5.97 Å². The second-order valence-corrected chi connectivity index (χ2v) is 2.21. The average molecular weight is 161 g/mol. The largest absolute Gasteiger partial charge is 0.480 e. The van der Waals surface area contributed by atoms with Crippen LogP contribution in [-0.4, -0.2) is 36.8 Å². The fourth-order valence-electron chi connectivity index (χ4n) is 0.737. The van der Waals surface area contributed by atoms with Crippen LogP contribution in [0.1, 0.15) is 6.42 Å². The van der Waals surface area contributed by atoms with Crippen LogP contribution in [0.25, 0.3) is 0 Å². The number of hydrogen-bond acceptors (Lipinski definition) is 4. The lowest BCUT2D eigenvalue weighted by molar-refractivity contribution is -0.139. The third-order valence-corrected chi connectivity index (χ3v) is 1.29. The Morgan fingerprint density at radius 1 is 1.45 bits per heavy atom. The summed E-state index contributed by atoms with van der Waals surface area (Å²) in [5.74, 6) is -0.871. The van der Waals surface area contributed by atoms with Crippen LogP contribution < -0.4 is 16.8 Å². The summed E-state index contributed by atoms with van der Waals surface area (Å²) in [6.45, 7) is 1.32. The summed E-state index contributed by atoms with van der Waals surface area (Å²) >= 11 is 0. The molecule has 0 fully saturated rings. The zero-order valence-electron chi connectivity index (χ0n) is 6.42. The first kappa shape index (κ1) is 10.3. The van der Waals surface area contributed by atoms with Crippen molar-refractivity contribution in [1.29, 1.82) is 0 Å². The Morgan fingerprint density at radius 3 is 2.45 bits per heavy atom. The number of carbonyl (C=O) groups is 1. The van der Waals surface area contributed by atoms with Gasteiger partial charge in [0.25, 0.3) is 0 Å². The van der Waals surface area contributed by atoms with Gasteiger partial charge < -0.3 is 21.9 Å². The fraction of sp³-hybridized carbons (Fsp3) is 0.833. The lowest BCUT2D eigenvalue weighted by Gasteiger charge is -2.11. The van der Waals surface area contributed by atoms with Crippen LogP contribution in [0, 0.1) is 0 Å². The minimum absolute atomic E-state index is 0.370. The van der Waals surface area contributed by atoms with E-state index in [1.807, 2.05) is 0 Å². The van der Waals surface area contributed by atoms with E-state index in [1.54, 1.807) is 0 Å². The molecule has 5 nitrogen and oxygen atoms in total. The van der Waals surface area contributed by atoms with Gasteiger partial charge in [0.15, 0.2) is 0 Å². The van der Waals surface area contributed by atoms with E-state index >= 15 is 0 Å². The maximum absolute atomic E-state index is 10.4. The third-order valence-electron chi connectivity index (χ3n) is 1.29. The molecular formula is C6H15N3O2. The molecule has 5 heteroatoms. The zero-order chi connectivity index (χ0) is 8.69. The molecule has 11 heavy (non-hydrogen) atoms. The van der Waals surface area contributed by atoms with E-state index in [0.29, 0.717) is 26.1 Å². The maximum atomic E-state index is 10.4. The van der Waals surface area contributed by atoms with Crippen LogP contribution in [0.15, 0.2) is 0 Å². The quantitative estimate of drug-likeness (QED) is 0.373. The molecule has 6 N–H and O–H groups in total. The molecule has 0 aliphatic carbocycles. The van der Waals surface area contributed by atoms with Gasteiger partial charge in [-0.15, -0.1) is 0 Å². The molecule has 0 aliphatic rings. The first-order valence-electron chi connectivity index (χ1n) is 3.58. The Morgan fingerprint density at radius 2 is 2.09 bits per heavy atom. The Bertz CT molecular complexity index is 118. The van der Waals surface area contributed by atoms with Gasteiger partial charge in [0.2, 0.25) is 0 Å². The molecule has 0 spiro atoms. The Balaban J connectivity index is 3.60. The second-order valence-electron chi connectivity index (χ2n) is 2.21. The van der Waals surface area contributed by atoms with Crippen molar-refractivity contribution in [1.82, 2.24) is 5.32 Å². The van der Waals surface area contributed by atoms with E-state index in [0.717, 1.165) is 0 Å². The fourth-order valence-corrected chi connectivity index (χ4v) is 0.737. The van der Waals surface area contributed by atoms with Crippen molar-refractivity contribution in [3.63, 3.8) is 0 Å². The number of rotatable bonds is 6. The molecule has 0 radical (unpaired) electrons. The first-order valence-corrected chi connectivity index (χ1v) is 3.58. The van der Waals surface area contributed by atoms with Gasteiger partial charge in [-0.25, -0.2) is 0 Å². The van der Waals surface area contributed by atoms with Crippen molar-refractivity contribution in [2.45, 2.75) is 12.5 Å². The molecule has 0 aromatic carbocycles. The number of carboxylic acid groups (broad SMARTS) is 1. The predicted molar refractivity (Wildman–Crippen MR) is 42.2 cm³/mol. The SMILES string of the molecule is NCCNC(CCN)C(=O)O. The van der Waals surface area contributed by atoms with Gasteiger partial charge in [0, 0.05) is 13.1 Å². The van der Waals surface area contributed by atoms with Crippen LogP contribution in [-0.2, 0) is 4.79 Å². The topological polar surface area (TPSA) is 101 Å². The summed E-state index contributed by atoms with van der Waals surface area (Å²) in [5, 5.41) is 11.3. The van der Waals surface area contributed by atoms with Crippen LogP contribution >= 0.6 is 0 Å². The lowest BCUT2D eigenvalue weighted by atomic mass is 10.2. The minimum Gasteiger partial charge on any atom is -0.480 e. The van der Waals surface area contributed by atoms with Crippen molar-refractivity contribution in [2.75, 3.05) is 19.6 Å². The second kappa shape index (κ2) is 6.09. The van der Waals surface area contributed by atoms with Gasteiger partial charge in [-0.05, 0) is 13.0 Å². The summed E-state index contributed by atoms with van der Waals surface area (Å²) in [6, 6.07) is -0.552. The molecule has 66 valence electrons. The molecule has 0 heterocycles. The number of nitrogens with two attached hydrogens (primary N) is 2. The summed E-state index contributed by atoms with van der Waals surface area (Å²) < 4.78 is 0. The number of aliphatic carboxylic acids is 1. The van der Waals surface area contributed by atoms with Crippen molar-refractivity contribution in [2.24, 2.45) is 11.5 Å². The minimum atomic E-state index is -0.871. The Labute approximate surface area is 65.7 Å². The summed E-state index contributed by atoms with van der Waals surface area (Å²) in [7, 11) is 0. The molecule has 0 aromatic rings. The highest BCUT2D eigenvalue weighted by Gasteiger charge is 2.13. The van der Waals surface area contributed by atoms with Crippen LogP contribution in [0.2, 0.25) is 0 Å². The van der Waals surface area contributed by atoms with Crippen LogP contribution in [0.5, 0.6) is 0 Å². The highest BCUT2D eigenvalue weighted by molar-refractivity contribution is 5.73. The summed E-state index contributed by atoms with van der Waals surface area (Å²) in [4.78, 5) is 10.4. The molecule has 0 aliphatic heterocycles. The molecule has 0 bridgehead atoms. The van der Waals surface area contributed by atoms with Crippen molar-refractivity contribution in [3.05, 3.63) is 0 Å². The van der Waals surface area contributed by atoms with E-state index in [4.69, 9.17) is 16.6 Å². The molecule has 0 aromatic heterocycles. The van der Waals surface area contributed by atoms with Gasteiger partial charge in [0.1, 0.15) is 6.04 Å². The Hall–Kier alpha value is -0.650. The number of nitrogens with one attached hydrogen (secondary N) is 1. The predicted octanol–water partition coefficient (Wildman–Crippen LogP) is -1.66. The molecule has 0 amide bonds. The molecule has 0 saturated heterocycles. The van der Waals surface area contributed by atoms with Crippen molar-refractivity contribution in [3.8, 4) is 0 Å². The van der Waals surface area contributed by atoms with Crippen LogP contribution in [0.4, 0.5) is 0 Å². The molecule has 1 atom stereocenters. The Kier molecular flexibility index (Phi) is 5.73. The van der Waals surface area contributed by atoms with Gasteiger partial charge >= 0.3 is 5.97 Å². The molecular weight excluding hydrogens is 146 g/mol. The molecule has 0 saturated carbocycles. The highest BCUT2D eigenvalue weighted by Crippen LogP contribution is 1.88. The lowest BCUT2D eigenvalue weighted by Crippen LogP contribution is -2.40. The molecule has 1 unspecified atom stereocenters. The zero-order valence-corrected chi connectivity index (χ0v) is 6.42. The van der Waals surface area contributed by atoms with Gasteiger partial charge in [-0.3, -0.25) is 4.79 Å². The normalized spacial score (nSPS) is 12.9. The average Bonchev–Trinajstić information content (AvgIpc) is 1.97. The summed E-state index contributed by atoms with van der Waals surface area (Å²) in [6.07, 6.45) is 0.440.